The minimum atomic E-state index is -2.22. The molecule has 1 aromatic heterocycles. The Morgan fingerprint density at radius 1 is 0.613 bits per heavy atom. The van der Waals surface area contributed by atoms with Crippen molar-refractivity contribution in [1.82, 2.24) is 0 Å². The maximum Gasteiger partial charge on any atom is 0.330 e. The Bertz CT molecular complexity index is 2700. The number of esters is 1. The minimum absolute atomic E-state index is 0.0247. The predicted octanol–water partition coefficient (Wildman–Crippen LogP) is -4.43. The van der Waals surface area contributed by atoms with Crippen molar-refractivity contribution in [3.63, 3.8) is 0 Å². The van der Waals surface area contributed by atoms with Crippen molar-refractivity contribution in [1.29, 1.82) is 0 Å². The lowest BCUT2D eigenvalue weighted by atomic mass is 9.89. The highest BCUT2D eigenvalue weighted by Gasteiger charge is 2.52. The first-order valence-corrected chi connectivity index (χ1v) is 23.2. The molecule has 0 amide bonds. The smallest absolute Gasteiger partial charge is 0.330 e. The molecule has 4 fully saturated rings. The molecule has 27 heteroatoms. The van der Waals surface area contributed by atoms with Crippen molar-refractivity contribution in [2.24, 2.45) is 0 Å². The lowest BCUT2D eigenvalue weighted by Gasteiger charge is -2.45. The maximum absolute atomic E-state index is 15.1. The van der Waals surface area contributed by atoms with E-state index in [-0.39, 0.29) is 17.1 Å². The van der Waals surface area contributed by atoms with E-state index in [0.717, 1.165) is 12.1 Å². The van der Waals surface area contributed by atoms with Crippen molar-refractivity contribution in [2.45, 2.75) is 130 Å². The van der Waals surface area contributed by atoms with Crippen LogP contribution in [0.25, 0.3) is 28.4 Å². The van der Waals surface area contributed by atoms with Crippen LogP contribution in [0.3, 0.4) is 0 Å². The molecule has 410 valence electrons. The molecule has 4 saturated heterocycles. The van der Waals surface area contributed by atoms with E-state index >= 15 is 4.79 Å². The Hall–Kier alpha value is -5.64. The molecule has 16 N–H and O–H groups in total. The molecule has 75 heavy (non-hydrogen) atoms. The SMILES string of the molecule is CC1OC(Oc2c(-c3ccc(O)cc3)oc3cc(OC4OC(COC(=O)C=Cc5ccc(O)cc5)C(O)C(O)C4O)c(C4OC(CO)C(O)C(O)C4O)c(O)c3c2=O)C(OC2OC(CO)C(O)C(O)C2O)C(O)C1O. The average Bonchev–Trinajstić information content (AvgIpc) is 3.39. The van der Waals surface area contributed by atoms with Crippen LogP contribution >= 0.6 is 0 Å². The molecule has 5 heterocycles. The zero-order chi connectivity index (χ0) is 54.3. The number of hydrogen-bond acceptors (Lipinski definition) is 27. The van der Waals surface area contributed by atoms with E-state index in [1.165, 1.54) is 61.5 Å². The van der Waals surface area contributed by atoms with E-state index in [1.54, 1.807) is 0 Å². The summed E-state index contributed by atoms with van der Waals surface area (Å²) < 4.78 is 52.2. The number of hydrogen-bond donors (Lipinski definition) is 16. The zero-order valence-electron chi connectivity index (χ0n) is 39.2. The van der Waals surface area contributed by atoms with E-state index in [0.29, 0.717) is 5.56 Å². The summed E-state index contributed by atoms with van der Waals surface area (Å²) in [7, 11) is 0. The maximum atomic E-state index is 15.1. The normalized spacial score (nSPS) is 36.3. The van der Waals surface area contributed by atoms with Crippen LogP contribution in [-0.2, 0) is 33.2 Å². The van der Waals surface area contributed by atoms with Crippen molar-refractivity contribution in [2.75, 3.05) is 19.8 Å². The van der Waals surface area contributed by atoms with Crippen LogP contribution in [-0.4, -0.2) is 224 Å². The quantitative estimate of drug-likeness (QED) is 0.0418. The third-order valence-corrected chi connectivity index (χ3v) is 13.2. The first-order valence-electron chi connectivity index (χ1n) is 23.2. The van der Waals surface area contributed by atoms with Gasteiger partial charge in [0.25, 0.3) is 0 Å². The molecule has 27 nitrogen and oxygen atoms in total. The van der Waals surface area contributed by atoms with Gasteiger partial charge in [0.1, 0.15) is 132 Å². The van der Waals surface area contributed by atoms with Crippen molar-refractivity contribution in [3.8, 4) is 40.1 Å². The van der Waals surface area contributed by atoms with Gasteiger partial charge in [0, 0.05) is 17.7 Å². The summed E-state index contributed by atoms with van der Waals surface area (Å²) in [6.45, 7) is -1.36. The second kappa shape index (κ2) is 22.9. The highest BCUT2D eigenvalue weighted by molar-refractivity contribution is 5.90. The topological polar surface area (TPSA) is 445 Å². The van der Waals surface area contributed by atoms with E-state index in [9.17, 15) is 86.5 Å². The highest BCUT2D eigenvalue weighted by Crippen LogP contribution is 2.47. The molecule has 4 aliphatic rings. The van der Waals surface area contributed by atoms with E-state index in [2.05, 4.69) is 0 Å². The summed E-state index contributed by atoms with van der Waals surface area (Å²) in [5, 5.41) is 171. The summed E-state index contributed by atoms with van der Waals surface area (Å²) >= 11 is 0. The Balaban J connectivity index is 1.22. The van der Waals surface area contributed by atoms with Gasteiger partial charge in [-0.2, -0.15) is 0 Å². The second-order valence-corrected chi connectivity index (χ2v) is 18.2. The first kappa shape index (κ1) is 55.6. The number of ether oxygens (including phenoxy) is 8. The molecule has 3 aromatic carbocycles. The highest BCUT2D eigenvalue weighted by atomic mass is 16.8. The molecule has 8 rings (SSSR count). The van der Waals surface area contributed by atoms with Gasteiger partial charge >= 0.3 is 5.97 Å². The van der Waals surface area contributed by atoms with E-state index in [4.69, 9.17) is 42.3 Å². The number of carbonyl (C=O) groups excluding carboxylic acids is 1. The predicted molar refractivity (Wildman–Crippen MR) is 245 cm³/mol. The van der Waals surface area contributed by atoms with E-state index in [1.807, 2.05) is 0 Å². The van der Waals surface area contributed by atoms with Crippen LogP contribution in [0.5, 0.6) is 28.7 Å². The monoisotopic (exact) mass is 1060 g/mol. The van der Waals surface area contributed by atoms with Crippen LogP contribution in [0.4, 0.5) is 0 Å². The van der Waals surface area contributed by atoms with Gasteiger partial charge in [-0.3, -0.25) is 4.79 Å². The van der Waals surface area contributed by atoms with E-state index < -0.39 is 193 Å². The summed E-state index contributed by atoms with van der Waals surface area (Å²) in [6.07, 6.45) is -36.0. The Labute approximate surface area is 422 Å². The fourth-order valence-corrected chi connectivity index (χ4v) is 8.86. The van der Waals surface area contributed by atoms with Crippen LogP contribution in [0.15, 0.2) is 69.9 Å². The van der Waals surface area contributed by atoms with Crippen molar-refractivity contribution in [3.05, 3.63) is 82.0 Å². The number of aliphatic hydroxyl groups excluding tert-OH is 13. The fourth-order valence-electron chi connectivity index (χ4n) is 8.86. The largest absolute Gasteiger partial charge is 0.508 e. The van der Waals surface area contributed by atoms with Gasteiger partial charge in [-0.25, -0.2) is 4.79 Å². The molecular weight excluding hydrogens is 1010 g/mol. The number of rotatable bonds is 14. The molecule has 20 unspecified atom stereocenters. The van der Waals surface area contributed by atoms with Gasteiger partial charge in [0.15, 0.2) is 18.2 Å². The van der Waals surface area contributed by atoms with Gasteiger partial charge < -0.3 is 124 Å². The Kier molecular flexibility index (Phi) is 17.0. The van der Waals surface area contributed by atoms with Gasteiger partial charge in [-0.15, -0.1) is 0 Å². The van der Waals surface area contributed by atoms with Crippen LogP contribution < -0.4 is 14.9 Å². The number of carbonyl (C=O) groups is 1. The first-order chi connectivity index (χ1) is 35.6. The lowest BCUT2D eigenvalue weighted by Crippen LogP contribution is -2.64. The number of phenols is 3. The molecule has 0 saturated carbocycles. The Morgan fingerprint density at radius 3 is 1.80 bits per heavy atom. The molecule has 0 spiro atoms. The van der Waals surface area contributed by atoms with Crippen molar-refractivity contribution < 1.29 is 129 Å². The molecule has 4 aromatic rings. The molecule has 0 radical (unpaired) electrons. The van der Waals surface area contributed by atoms with Gasteiger partial charge in [0.05, 0.1) is 24.9 Å². The second-order valence-electron chi connectivity index (χ2n) is 18.2. The lowest BCUT2D eigenvalue weighted by molar-refractivity contribution is -0.355. The van der Waals surface area contributed by atoms with Crippen LogP contribution in [0.2, 0.25) is 0 Å². The van der Waals surface area contributed by atoms with Crippen LogP contribution in [0, 0.1) is 0 Å². The number of fused-ring (bicyclic) bond motifs is 1. The standard InChI is InChI=1S/C48H56O27/c1-16-29(54)38(63)45(75-47-41(66)36(61)31(56)24(14-50)72-47)48(68-16)74-44-34(59)27-21(69-42(44)18-5-9-20(52)10-6-18)12-22(28(33(27)58)43-39(64)35(60)30(55)23(13-49)70-43)71-46-40(65)37(62)32(57)25(73-46)15-67-26(53)11-4-17-2-7-19(51)8-3-17/h2-12,16,23-25,29-32,35-41,43,45-52,54-58,60-66H,13-15H2,1H3. The number of aromatic hydroxyl groups is 3. The van der Waals surface area contributed by atoms with Crippen molar-refractivity contribution >= 4 is 23.0 Å². The fraction of sp³-hybridized carbons (Fsp3) is 0.500. The summed E-state index contributed by atoms with van der Waals surface area (Å²) in [5.41, 5.74) is -2.24. The average molecular weight is 1060 g/mol. The summed E-state index contributed by atoms with van der Waals surface area (Å²) in [6, 6.07) is 11.4. The number of benzene rings is 3. The molecule has 0 bridgehead atoms. The number of phenolic OH excluding ortho intramolecular Hbond substituents is 3. The molecule has 0 aliphatic carbocycles. The van der Waals surface area contributed by atoms with Gasteiger partial charge in [0.2, 0.25) is 23.8 Å². The van der Waals surface area contributed by atoms with Gasteiger partial charge in [-0.05, 0) is 55.0 Å². The summed E-state index contributed by atoms with van der Waals surface area (Å²) in [4.78, 5) is 27.8. The number of aliphatic hydroxyl groups is 13. The third-order valence-electron chi connectivity index (χ3n) is 13.2. The molecule has 20 atom stereocenters. The third kappa shape index (κ3) is 11.1. The molecular formula is C48H56O27. The zero-order valence-corrected chi connectivity index (χ0v) is 39.2. The molecule has 4 aliphatic heterocycles. The summed E-state index contributed by atoms with van der Waals surface area (Å²) in [5.74, 6) is -4.57. The minimum Gasteiger partial charge on any atom is -0.508 e. The Morgan fingerprint density at radius 2 is 1.17 bits per heavy atom. The van der Waals surface area contributed by atoms with Crippen LogP contribution in [0.1, 0.15) is 24.2 Å². The van der Waals surface area contributed by atoms with Gasteiger partial charge in [-0.1, -0.05) is 12.1 Å².